The standard InChI is InChI=1S/C25H23N5OS2/c26-20-7-8-21-19(11-20)12-22(30(21)14-16-4-2-6-18(10-16)24(28)33)25(31)29-13-15-3-1-5-17(9-15)23(27)32/h1-12H,13-14,26H2,(H2,27,32)(H2,28,33)(H,29,31). The Balaban J connectivity index is 1.66. The number of benzene rings is 3. The molecule has 0 aliphatic heterocycles. The molecule has 7 N–H and O–H groups in total. The lowest BCUT2D eigenvalue weighted by Gasteiger charge is -2.13. The van der Waals surface area contributed by atoms with Gasteiger partial charge in [-0.15, -0.1) is 0 Å². The van der Waals surface area contributed by atoms with Crippen molar-refractivity contribution in [1.29, 1.82) is 0 Å². The number of anilines is 1. The number of carbonyl (C=O) groups is 1. The van der Waals surface area contributed by atoms with Gasteiger partial charge in [0.05, 0.1) is 0 Å². The summed E-state index contributed by atoms with van der Waals surface area (Å²) < 4.78 is 1.97. The fourth-order valence-corrected chi connectivity index (χ4v) is 4.01. The van der Waals surface area contributed by atoms with Crippen molar-refractivity contribution in [2.45, 2.75) is 13.1 Å². The Hall–Kier alpha value is -3.75. The maximum absolute atomic E-state index is 13.2. The highest BCUT2D eigenvalue weighted by Gasteiger charge is 2.16. The monoisotopic (exact) mass is 473 g/mol. The minimum Gasteiger partial charge on any atom is -0.399 e. The van der Waals surface area contributed by atoms with E-state index < -0.39 is 0 Å². The van der Waals surface area contributed by atoms with Gasteiger partial charge in [0.25, 0.3) is 5.91 Å². The molecule has 0 unspecified atom stereocenters. The maximum atomic E-state index is 13.2. The SMILES string of the molecule is NC(=S)c1cccc(CNC(=O)c2cc3cc(N)ccc3n2Cc2cccc(C(N)=S)c2)c1. The van der Waals surface area contributed by atoms with Crippen LogP contribution in [0, 0.1) is 0 Å². The molecule has 166 valence electrons. The lowest BCUT2D eigenvalue weighted by molar-refractivity contribution is 0.0942. The Bertz CT molecular complexity index is 1390. The van der Waals surface area contributed by atoms with Crippen LogP contribution in [0.5, 0.6) is 0 Å². The maximum Gasteiger partial charge on any atom is 0.268 e. The molecule has 8 heteroatoms. The third-order valence-corrected chi connectivity index (χ3v) is 5.85. The lowest BCUT2D eigenvalue weighted by Crippen LogP contribution is -2.26. The molecule has 0 atom stereocenters. The Labute approximate surface area is 202 Å². The van der Waals surface area contributed by atoms with Crippen LogP contribution < -0.4 is 22.5 Å². The number of hydrogen-bond acceptors (Lipinski definition) is 4. The lowest BCUT2D eigenvalue weighted by atomic mass is 10.1. The van der Waals surface area contributed by atoms with E-state index in [1.54, 1.807) is 0 Å². The van der Waals surface area contributed by atoms with Gasteiger partial charge in [-0.2, -0.15) is 0 Å². The molecule has 1 amide bonds. The van der Waals surface area contributed by atoms with E-state index in [9.17, 15) is 4.79 Å². The topological polar surface area (TPSA) is 112 Å². The molecule has 0 saturated carbocycles. The summed E-state index contributed by atoms with van der Waals surface area (Å²) in [5.41, 5.74) is 23.0. The third kappa shape index (κ3) is 5.02. The number of aromatic nitrogens is 1. The molecule has 0 radical (unpaired) electrons. The van der Waals surface area contributed by atoms with Gasteiger partial charge in [0, 0.05) is 40.8 Å². The number of carbonyl (C=O) groups excluding carboxylic acids is 1. The van der Waals surface area contributed by atoms with Crippen molar-refractivity contribution in [3.63, 3.8) is 0 Å². The second-order valence-electron chi connectivity index (χ2n) is 7.75. The van der Waals surface area contributed by atoms with Crippen molar-refractivity contribution in [2.75, 3.05) is 5.73 Å². The largest absolute Gasteiger partial charge is 0.399 e. The average Bonchev–Trinajstić information content (AvgIpc) is 3.15. The number of rotatable bonds is 7. The van der Waals surface area contributed by atoms with Gasteiger partial charge < -0.3 is 27.1 Å². The molecular formula is C25H23N5OS2. The average molecular weight is 474 g/mol. The molecule has 0 aliphatic carbocycles. The highest BCUT2D eigenvalue weighted by molar-refractivity contribution is 7.80. The smallest absolute Gasteiger partial charge is 0.268 e. The molecule has 0 saturated heterocycles. The number of nitrogens with one attached hydrogen (secondary N) is 1. The van der Waals surface area contributed by atoms with Crippen LogP contribution >= 0.6 is 24.4 Å². The van der Waals surface area contributed by atoms with Gasteiger partial charge in [-0.05, 0) is 47.5 Å². The summed E-state index contributed by atoms with van der Waals surface area (Å²) in [6.07, 6.45) is 0. The summed E-state index contributed by atoms with van der Waals surface area (Å²) in [4.78, 5) is 13.9. The fourth-order valence-electron chi connectivity index (χ4n) is 3.76. The first-order valence-corrected chi connectivity index (χ1v) is 11.1. The van der Waals surface area contributed by atoms with E-state index in [4.69, 9.17) is 41.6 Å². The second kappa shape index (κ2) is 9.40. The van der Waals surface area contributed by atoms with E-state index >= 15 is 0 Å². The molecule has 1 heterocycles. The number of nitrogen functional groups attached to an aromatic ring is 1. The normalized spacial score (nSPS) is 10.8. The van der Waals surface area contributed by atoms with Crippen molar-refractivity contribution < 1.29 is 4.79 Å². The number of fused-ring (bicyclic) bond motifs is 1. The number of thiocarbonyl (C=S) groups is 2. The molecule has 33 heavy (non-hydrogen) atoms. The third-order valence-electron chi connectivity index (χ3n) is 5.37. The molecule has 4 rings (SSSR count). The van der Waals surface area contributed by atoms with Crippen molar-refractivity contribution in [3.05, 3.63) is 101 Å². The van der Waals surface area contributed by atoms with Gasteiger partial charge >= 0.3 is 0 Å². The van der Waals surface area contributed by atoms with Gasteiger partial charge in [-0.3, -0.25) is 4.79 Å². The molecule has 4 aromatic rings. The summed E-state index contributed by atoms with van der Waals surface area (Å²) in [5, 5.41) is 3.89. The van der Waals surface area contributed by atoms with Crippen LogP contribution in [0.4, 0.5) is 5.69 Å². The second-order valence-corrected chi connectivity index (χ2v) is 8.63. The summed E-state index contributed by atoms with van der Waals surface area (Å²) >= 11 is 10.2. The number of hydrogen-bond donors (Lipinski definition) is 4. The van der Waals surface area contributed by atoms with Gasteiger partial charge in [-0.1, -0.05) is 60.8 Å². The molecular weight excluding hydrogens is 450 g/mol. The zero-order valence-corrected chi connectivity index (χ0v) is 19.4. The van der Waals surface area contributed by atoms with Crippen LogP contribution in [0.15, 0.2) is 72.8 Å². The molecule has 3 aromatic carbocycles. The van der Waals surface area contributed by atoms with Gasteiger partial charge in [-0.25, -0.2) is 0 Å². The van der Waals surface area contributed by atoms with Crippen LogP contribution in [-0.4, -0.2) is 20.5 Å². The van der Waals surface area contributed by atoms with Crippen LogP contribution in [0.25, 0.3) is 10.9 Å². The zero-order chi connectivity index (χ0) is 23.5. The van der Waals surface area contributed by atoms with Crippen molar-refractivity contribution in [3.8, 4) is 0 Å². The van der Waals surface area contributed by atoms with E-state index in [0.29, 0.717) is 34.4 Å². The highest BCUT2D eigenvalue weighted by Crippen LogP contribution is 2.24. The summed E-state index contributed by atoms with van der Waals surface area (Å²) in [7, 11) is 0. The van der Waals surface area contributed by atoms with Crippen LogP contribution in [-0.2, 0) is 13.1 Å². The first-order valence-electron chi connectivity index (χ1n) is 10.3. The number of nitrogens with two attached hydrogens (primary N) is 3. The molecule has 0 bridgehead atoms. The van der Waals surface area contributed by atoms with E-state index in [0.717, 1.165) is 33.2 Å². The minimum atomic E-state index is -0.198. The summed E-state index contributed by atoms with van der Waals surface area (Å²) in [5.74, 6) is -0.198. The van der Waals surface area contributed by atoms with E-state index in [1.165, 1.54) is 0 Å². The fraction of sp³-hybridized carbons (Fsp3) is 0.0800. The summed E-state index contributed by atoms with van der Waals surface area (Å²) in [6, 6.07) is 22.7. The number of amides is 1. The van der Waals surface area contributed by atoms with Crippen molar-refractivity contribution >= 4 is 56.9 Å². The van der Waals surface area contributed by atoms with E-state index in [2.05, 4.69) is 5.32 Å². The minimum absolute atomic E-state index is 0.198. The molecule has 0 aliphatic rings. The predicted octanol–water partition coefficient (Wildman–Crippen LogP) is 3.47. The quantitative estimate of drug-likeness (QED) is 0.242. The molecule has 0 fully saturated rings. The van der Waals surface area contributed by atoms with Crippen molar-refractivity contribution in [1.82, 2.24) is 9.88 Å². The predicted molar refractivity (Wildman–Crippen MR) is 141 cm³/mol. The van der Waals surface area contributed by atoms with E-state index in [1.807, 2.05) is 77.4 Å². The van der Waals surface area contributed by atoms with Crippen LogP contribution in [0.2, 0.25) is 0 Å². The Morgan fingerprint density at radius 3 is 2.15 bits per heavy atom. The Morgan fingerprint density at radius 1 is 0.848 bits per heavy atom. The van der Waals surface area contributed by atoms with Crippen LogP contribution in [0.1, 0.15) is 32.7 Å². The highest BCUT2D eigenvalue weighted by atomic mass is 32.1. The first kappa shape index (κ1) is 22.4. The molecule has 1 aromatic heterocycles. The van der Waals surface area contributed by atoms with Crippen LogP contribution in [0.3, 0.4) is 0 Å². The van der Waals surface area contributed by atoms with Gasteiger partial charge in [0.2, 0.25) is 0 Å². The number of nitrogens with zero attached hydrogens (tertiary/aromatic N) is 1. The summed E-state index contributed by atoms with van der Waals surface area (Å²) in [6.45, 7) is 0.819. The Morgan fingerprint density at radius 2 is 1.48 bits per heavy atom. The Kier molecular flexibility index (Phi) is 6.39. The van der Waals surface area contributed by atoms with E-state index in [-0.39, 0.29) is 5.91 Å². The van der Waals surface area contributed by atoms with Crippen molar-refractivity contribution in [2.24, 2.45) is 11.5 Å². The van der Waals surface area contributed by atoms with Gasteiger partial charge in [0.15, 0.2) is 0 Å². The zero-order valence-electron chi connectivity index (χ0n) is 17.7. The molecule has 6 nitrogen and oxygen atoms in total. The molecule has 0 spiro atoms. The first-order chi connectivity index (χ1) is 15.8. The van der Waals surface area contributed by atoms with Gasteiger partial charge in [0.1, 0.15) is 15.7 Å².